The molecule has 0 spiro atoms. The van der Waals surface area contributed by atoms with E-state index in [4.69, 9.17) is 5.11 Å². The Morgan fingerprint density at radius 1 is 1.10 bits per heavy atom. The molecule has 0 aliphatic heterocycles. The zero-order valence-electron chi connectivity index (χ0n) is 11.3. The first-order valence-corrected chi connectivity index (χ1v) is 7.19. The molecule has 0 radical (unpaired) electrons. The van der Waals surface area contributed by atoms with E-state index in [2.05, 4.69) is 0 Å². The monoisotopic (exact) mass is 356 g/mol. The fraction of sp³-hybridized carbons (Fsp3) is 0.0714. The maximum atomic E-state index is 12.4. The second-order valence-corrected chi connectivity index (χ2v) is 6.17. The van der Waals surface area contributed by atoms with Gasteiger partial charge in [-0.3, -0.25) is 0 Å². The number of rotatable bonds is 3. The molecule has 0 heterocycles. The van der Waals surface area contributed by atoms with Crippen molar-refractivity contribution in [3.05, 3.63) is 53.6 Å². The third-order valence-electron chi connectivity index (χ3n) is 2.89. The van der Waals surface area contributed by atoms with Gasteiger partial charge >= 0.3 is 5.97 Å². The van der Waals surface area contributed by atoms with Crippen LogP contribution in [0.1, 0.15) is 15.9 Å². The topological polar surface area (TPSA) is 91.7 Å². The van der Waals surface area contributed by atoms with Crippen molar-refractivity contribution < 1.29 is 42.9 Å². The number of sulfone groups is 1. The molecule has 0 bridgehead atoms. The molecule has 0 saturated carbocycles. The summed E-state index contributed by atoms with van der Waals surface area (Å²) in [6.07, 6.45) is 0. The van der Waals surface area contributed by atoms with Crippen LogP contribution >= 0.6 is 0 Å². The quantitative estimate of drug-likeness (QED) is 0.822. The van der Waals surface area contributed by atoms with Crippen molar-refractivity contribution in [2.45, 2.75) is 16.7 Å². The zero-order chi connectivity index (χ0) is 14.9. The average molecular weight is 358 g/mol. The van der Waals surface area contributed by atoms with Gasteiger partial charge in [0.05, 0.1) is 9.79 Å². The maximum Gasteiger partial charge on any atom is 0.339 e. The number of carbonyl (C=O) groups is 1. The number of aryl methyl sites for hydroxylation is 1. The van der Waals surface area contributed by atoms with Gasteiger partial charge in [-0.2, -0.15) is 0 Å². The van der Waals surface area contributed by atoms with Crippen LogP contribution in [0.25, 0.3) is 0 Å². The Morgan fingerprint density at radius 3 is 2.24 bits per heavy atom. The fourth-order valence-corrected chi connectivity index (χ4v) is 3.36. The van der Waals surface area contributed by atoms with Crippen LogP contribution in [-0.2, 0) is 29.3 Å². The Morgan fingerprint density at radius 2 is 1.71 bits per heavy atom. The summed E-state index contributed by atoms with van der Waals surface area (Å²) in [5.74, 6) is -1.89. The van der Waals surface area contributed by atoms with Crippen LogP contribution in [0.4, 0.5) is 0 Å². The van der Waals surface area contributed by atoms with Crippen LogP contribution in [0, 0.1) is 6.92 Å². The summed E-state index contributed by atoms with van der Waals surface area (Å²) in [7, 11) is -3.79. The van der Waals surface area contributed by atoms with Gasteiger partial charge in [0.2, 0.25) is 9.84 Å². The number of carboxylic acids is 1. The Balaban J connectivity index is 0.00000220. The van der Waals surface area contributed by atoms with E-state index in [1.54, 1.807) is 25.1 Å². The van der Waals surface area contributed by atoms with Crippen LogP contribution in [0.3, 0.4) is 0 Å². The van der Waals surface area contributed by atoms with Crippen molar-refractivity contribution in [1.82, 2.24) is 0 Å². The Kier molecular flexibility index (Phi) is 5.26. The number of aromatic carboxylic acids is 1. The van der Waals surface area contributed by atoms with E-state index in [1.807, 2.05) is 0 Å². The second-order valence-electron chi connectivity index (χ2n) is 4.25. The van der Waals surface area contributed by atoms with Crippen LogP contribution in [0.15, 0.2) is 52.3 Å². The normalized spacial score (nSPS) is 10.7. The summed E-state index contributed by atoms with van der Waals surface area (Å²) in [5.41, 5.74) is 0.239. The molecule has 2 N–H and O–H groups in total. The van der Waals surface area contributed by atoms with Gasteiger partial charge in [0.1, 0.15) is 11.3 Å². The van der Waals surface area contributed by atoms with Gasteiger partial charge < -0.3 is 10.2 Å². The van der Waals surface area contributed by atoms with E-state index in [0.29, 0.717) is 5.56 Å². The third-order valence-corrected chi connectivity index (χ3v) is 4.80. The van der Waals surface area contributed by atoms with Crippen molar-refractivity contribution in [2.24, 2.45) is 0 Å². The first kappa shape index (κ1) is 17.3. The molecule has 0 aromatic heterocycles. The zero-order valence-corrected chi connectivity index (χ0v) is 15.1. The van der Waals surface area contributed by atoms with Crippen molar-refractivity contribution in [2.75, 3.05) is 0 Å². The first-order chi connectivity index (χ1) is 9.34. The molecule has 0 aliphatic carbocycles. The number of aromatic hydroxyl groups is 1. The largest absolute Gasteiger partial charge is 0.507 e. The SMILES string of the molecule is Cc1ccccc1S(=O)(=O)c1ccc(C(=O)O)c(O)c1.[Zn]. The van der Waals surface area contributed by atoms with E-state index >= 15 is 0 Å². The smallest absolute Gasteiger partial charge is 0.339 e. The molecule has 0 fully saturated rings. The fourth-order valence-electron chi connectivity index (χ4n) is 1.84. The second kappa shape index (κ2) is 6.37. The van der Waals surface area contributed by atoms with Gasteiger partial charge in [-0.25, -0.2) is 13.2 Å². The first-order valence-electron chi connectivity index (χ1n) is 5.71. The van der Waals surface area contributed by atoms with Crippen LogP contribution in [-0.4, -0.2) is 24.6 Å². The molecular weight excluding hydrogens is 346 g/mol. The molecule has 0 atom stereocenters. The third kappa shape index (κ3) is 3.31. The molecule has 2 aromatic carbocycles. The molecular formula is C14H12O5SZn. The molecule has 106 valence electrons. The number of carboxylic acid groups (broad SMARTS) is 1. The molecule has 0 unspecified atom stereocenters. The Labute approximate surface area is 134 Å². The van der Waals surface area contributed by atoms with Crippen LogP contribution in [0.5, 0.6) is 5.75 Å². The summed E-state index contributed by atoms with van der Waals surface area (Å²) in [6.45, 7) is 1.67. The predicted octanol–water partition coefficient (Wildman–Crippen LogP) is 2.23. The average Bonchev–Trinajstić information content (AvgIpc) is 2.38. The number of benzene rings is 2. The van der Waals surface area contributed by atoms with Gasteiger partial charge in [0, 0.05) is 19.5 Å². The van der Waals surface area contributed by atoms with E-state index < -0.39 is 21.6 Å². The maximum absolute atomic E-state index is 12.4. The minimum absolute atomic E-state index is 0. The molecule has 0 aliphatic rings. The predicted molar refractivity (Wildman–Crippen MR) is 71.7 cm³/mol. The summed E-state index contributed by atoms with van der Waals surface area (Å²) in [5, 5.41) is 18.4. The van der Waals surface area contributed by atoms with E-state index in [1.165, 1.54) is 12.1 Å². The van der Waals surface area contributed by atoms with Crippen LogP contribution < -0.4 is 0 Å². The van der Waals surface area contributed by atoms with Gasteiger partial charge in [-0.15, -0.1) is 0 Å². The van der Waals surface area contributed by atoms with Gasteiger partial charge in [0.25, 0.3) is 0 Å². The molecule has 0 saturated heterocycles. The minimum atomic E-state index is -3.79. The van der Waals surface area contributed by atoms with Crippen molar-refractivity contribution in [3.63, 3.8) is 0 Å². The molecule has 2 rings (SSSR count). The van der Waals surface area contributed by atoms with E-state index in [-0.39, 0.29) is 34.8 Å². The minimum Gasteiger partial charge on any atom is -0.507 e. The molecule has 7 heteroatoms. The number of phenols is 1. The van der Waals surface area contributed by atoms with Crippen molar-refractivity contribution in [1.29, 1.82) is 0 Å². The summed E-state index contributed by atoms with van der Waals surface area (Å²) >= 11 is 0. The van der Waals surface area contributed by atoms with Crippen LogP contribution in [0.2, 0.25) is 0 Å². The molecule has 0 amide bonds. The van der Waals surface area contributed by atoms with Gasteiger partial charge in [0.15, 0.2) is 0 Å². The van der Waals surface area contributed by atoms with E-state index in [0.717, 1.165) is 12.1 Å². The number of hydrogen-bond acceptors (Lipinski definition) is 4. The molecule has 21 heavy (non-hydrogen) atoms. The van der Waals surface area contributed by atoms with Gasteiger partial charge in [-0.05, 0) is 36.8 Å². The Bertz CT molecular complexity index is 784. The Hall–Kier alpha value is -1.72. The summed E-state index contributed by atoms with van der Waals surface area (Å²) in [4.78, 5) is 10.8. The molecule has 5 nitrogen and oxygen atoms in total. The molecule has 2 aromatic rings. The number of hydrogen-bond donors (Lipinski definition) is 2. The van der Waals surface area contributed by atoms with Crippen molar-refractivity contribution in [3.8, 4) is 5.75 Å². The van der Waals surface area contributed by atoms with E-state index in [9.17, 15) is 18.3 Å². The summed E-state index contributed by atoms with van der Waals surface area (Å²) in [6, 6.07) is 9.65. The van der Waals surface area contributed by atoms with Gasteiger partial charge in [-0.1, -0.05) is 18.2 Å². The summed E-state index contributed by atoms with van der Waals surface area (Å²) < 4.78 is 24.9. The standard InChI is InChI=1S/C14H12O5S.Zn/c1-9-4-2-3-5-13(9)20(18,19)10-6-7-11(14(16)17)12(15)8-10;/h2-8,15H,1H3,(H,16,17);. The van der Waals surface area contributed by atoms with Crippen molar-refractivity contribution >= 4 is 15.8 Å².